The predicted octanol–water partition coefficient (Wildman–Crippen LogP) is 3.53. The lowest BCUT2D eigenvalue weighted by atomic mass is 9.95. The summed E-state index contributed by atoms with van der Waals surface area (Å²) in [7, 11) is 2.01. The number of likely N-dealkylation sites (N-methyl/N-ethyl adjacent to an activating group) is 1. The summed E-state index contributed by atoms with van der Waals surface area (Å²) >= 11 is 0. The van der Waals surface area contributed by atoms with Gasteiger partial charge in [-0.1, -0.05) is 29.8 Å². The number of allylic oxidation sites excluding steroid dienone is 1. The predicted molar refractivity (Wildman–Crippen MR) is 67.1 cm³/mol. The van der Waals surface area contributed by atoms with Crippen molar-refractivity contribution in [3.8, 4) is 0 Å². The zero-order chi connectivity index (χ0) is 11.4. The highest BCUT2D eigenvalue weighted by molar-refractivity contribution is 5.38. The Hall–Kier alpha value is -1.08. The van der Waals surface area contributed by atoms with E-state index in [2.05, 4.69) is 57.3 Å². The lowest BCUT2D eigenvalue weighted by Gasteiger charge is -2.18. The number of benzene rings is 1. The van der Waals surface area contributed by atoms with Crippen LogP contribution in [0.2, 0.25) is 0 Å². The van der Waals surface area contributed by atoms with Gasteiger partial charge in [-0.05, 0) is 51.4 Å². The normalized spacial score (nSPS) is 12.3. The highest BCUT2D eigenvalue weighted by Crippen LogP contribution is 2.23. The molecule has 0 aromatic heterocycles. The second-order valence-electron chi connectivity index (χ2n) is 4.32. The van der Waals surface area contributed by atoms with Crippen LogP contribution in [0, 0.1) is 13.8 Å². The summed E-state index contributed by atoms with van der Waals surface area (Å²) in [6.45, 7) is 8.62. The minimum atomic E-state index is 0.330. The summed E-state index contributed by atoms with van der Waals surface area (Å²) in [5.74, 6) is 0. The molecule has 1 nitrogen and oxygen atoms in total. The minimum absolute atomic E-state index is 0.330. The zero-order valence-corrected chi connectivity index (χ0v) is 10.4. The average Bonchev–Trinajstić information content (AvgIpc) is 2.15. The first kappa shape index (κ1) is 12.0. The summed E-state index contributed by atoms with van der Waals surface area (Å²) in [6.07, 6.45) is 2.27. The van der Waals surface area contributed by atoms with Crippen LogP contribution in [-0.4, -0.2) is 7.05 Å². The smallest absolute Gasteiger partial charge is 0.0511 e. The van der Waals surface area contributed by atoms with Crippen molar-refractivity contribution in [2.45, 2.75) is 33.7 Å². The van der Waals surface area contributed by atoms with E-state index in [4.69, 9.17) is 0 Å². The van der Waals surface area contributed by atoms with Gasteiger partial charge in [0, 0.05) is 0 Å². The molecule has 1 rings (SSSR count). The summed E-state index contributed by atoms with van der Waals surface area (Å²) < 4.78 is 0. The van der Waals surface area contributed by atoms with E-state index >= 15 is 0 Å². The standard InChI is InChI=1S/C14H21N/c1-10(2)9-13(15-5)14-11(3)7-6-8-12(14)4/h6-9,13,15H,1-5H3. The zero-order valence-electron chi connectivity index (χ0n) is 10.4. The molecule has 0 bridgehead atoms. The number of hydrogen-bond donors (Lipinski definition) is 1. The molecule has 0 aliphatic rings. The molecular weight excluding hydrogens is 182 g/mol. The van der Waals surface area contributed by atoms with Crippen molar-refractivity contribution in [1.82, 2.24) is 5.32 Å². The van der Waals surface area contributed by atoms with E-state index in [0.29, 0.717) is 6.04 Å². The van der Waals surface area contributed by atoms with Crippen LogP contribution in [0.25, 0.3) is 0 Å². The fraction of sp³-hybridized carbons (Fsp3) is 0.429. The maximum absolute atomic E-state index is 3.35. The Labute approximate surface area is 93.2 Å². The van der Waals surface area contributed by atoms with Crippen molar-refractivity contribution < 1.29 is 0 Å². The molecule has 0 heterocycles. The van der Waals surface area contributed by atoms with Gasteiger partial charge in [0.05, 0.1) is 6.04 Å². The van der Waals surface area contributed by atoms with E-state index < -0.39 is 0 Å². The van der Waals surface area contributed by atoms with Crippen molar-refractivity contribution in [2.24, 2.45) is 0 Å². The fourth-order valence-corrected chi connectivity index (χ4v) is 1.96. The van der Waals surface area contributed by atoms with Gasteiger partial charge in [-0.3, -0.25) is 0 Å². The third kappa shape index (κ3) is 2.93. The van der Waals surface area contributed by atoms with Crippen molar-refractivity contribution >= 4 is 0 Å². The molecule has 0 amide bonds. The number of nitrogens with one attached hydrogen (secondary N) is 1. The first-order chi connectivity index (χ1) is 7.06. The molecule has 0 fully saturated rings. The molecule has 1 N–H and O–H groups in total. The summed E-state index contributed by atoms with van der Waals surface area (Å²) in [5.41, 5.74) is 5.46. The van der Waals surface area contributed by atoms with E-state index in [1.54, 1.807) is 0 Å². The highest BCUT2D eigenvalue weighted by Gasteiger charge is 2.10. The third-order valence-corrected chi connectivity index (χ3v) is 2.66. The largest absolute Gasteiger partial charge is 0.310 e. The Bertz CT molecular complexity index is 339. The van der Waals surface area contributed by atoms with Gasteiger partial charge >= 0.3 is 0 Å². The molecule has 15 heavy (non-hydrogen) atoms. The van der Waals surface area contributed by atoms with E-state index in [1.165, 1.54) is 22.3 Å². The van der Waals surface area contributed by atoms with Crippen molar-refractivity contribution in [3.05, 3.63) is 46.5 Å². The Morgan fingerprint density at radius 3 is 2.13 bits per heavy atom. The van der Waals surface area contributed by atoms with Gasteiger partial charge < -0.3 is 5.32 Å². The van der Waals surface area contributed by atoms with E-state index in [-0.39, 0.29) is 0 Å². The Morgan fingerprint density at radius 1 is 1.20 bits per heavy atom. The minimum Gasteiger partial charge on any atom is -0.310 e. The first-order valence-corrected chi connectivity index (χ1v) is 5.44. The SMILES string of the molecule is CNC(C=C(C)C)c1c(C)cccc1C. The molecule has 1 aromatic rings. The Kier molecular flexibility index (Phi) is 4.10. The summed E-state index contributed by atoms with van der Waals surface area (Å²) in [4.78, 5) is 0. The lowest BCUT2D eigenvalue weighted by Crippen LogP contribution is -2.16. The lowest BCUT2D eigenvalue weighted by molar-refractivity contribution is 0.701. The van der Waals surface area contributed by atoms with Crippen LogP contribution in [0.5, 0.6) is 0 Å². The number of aryl methyl sites for hydroxylation is 2. The molecule has 0 aliphatic heterocycles. The Balaban J connectivity index is 3.17. The topological polar surface area (TPSA) is 12.0 Å². The second kappa shape index (κ2) is 5.13. The number of hydrogen-bond acceptors (Lipinski definition) is 1. The van der Waals surface area contributed by atoms with E-state index in [1.807, 2.05) is 7.05 Å². The molecule has 1 heteroatoms. The van der Waals surface area contributed by atoms with Gasteiger partial charge in [-0.15, -0.1) is 0 Å². The molecule has 0 spiro atoms. The Morgan fingerprint density at radius 2 is 1.73 bits per heavy atom. The van der Waals surface area contributed by atoms with E-state index in [9.17, 15) is 0 Å². The number of rotatable bonds is 3. The van der Waals surface area contributed by atoms with Crippen LogP contribution in [0.15, 0.2) is 29.8 Å². The van der Waals surface area contributed by atoms with Gasteiger partial charge in [-0.25, -0.2) is 0 Å². The van der Waals surface area contributed by atoms with Gasteiger partial charge in [0.15, 0.2) is 0 Å². The molecule has 82 valence electrons. The van der Waals surface area contributed by atoms with Gasteiger partial charge in [0.2, 0.25) is 0 Å². The second-order valence-corrected chi connectivity index (χ2v) is 4.32. The molecule has 1 atom stereocenters. The van der Waals surface area contributed by atoms with Crippen LogP contribution in [0.3, 0.4) is 0 Å². The van der Waals surface area contributed by atoms with Crippen LogP contribution in [0.4, 0.5) is 0 Å². The average molecular weight is 203 g/mol. The van der Waals surface area contributed by atoms with E-state index in [0.717, 1.165) is 0 Å². The molecule has 0 radical (unpaired) electrons. The summed E-state index contributed by atoms with van der Waals surface area (Å²) in [5, 5.41) is 3.35. The van der Waals surface area contributed by atoms with Crippen molar-refractivity contribution in [2.75, 3.05) is 7.05 Å². The first-order valence-electron chi connectivity index (χ1n) is 5.44. The highest BCUT2D eigenvalue weighted by atomic mass is 14.9. The van der Waals surface area contributed by atoms with Crippen LogP contribution in [0.1, 0.15) is 36.6 Å². The molecule has 1 unspecified atom stereocenters. The quantitative estimate of drug-likeness (QED) is 0.741. The molecule has 1 aromatic carbocycles. The maximum atomic E-state index is 3.35. The van der Waals surface area contributed by atoms with Gasteiger partial charge in [-0.2, -0.15) is 0 Å². The third-order valence-electron chi connectivity index (χ3n) is 2.66. The molecular formula is C14H21N. The van der Waals surface area contributed by atoms with Gasteiger partial charge in [0.25, 0.3) is 0 Å². The van der Waals surface area contributed by atoms with Crippen molar-refractivity contribution in [3.63, 3.8) is 0 Å². The molecule has 0 saturated heterocycles. The van der Waals surface area contributed by atoms with Crippen molar-refractivity contribution in [1.29, 1.82) is 0 Å². The van der Waals surface area contributed by atoms with Crippen LogP contribution in [-0.2, 0) is 0 Å². The molecule has 0 saturated carbocycles. The maximum Gasteiger partial charge on any atom is 0.0511 e. The molecule has 0 aliphatic carbocycles. The van der Waals surface area contributed by atoms with Crippen LogP contribution >= 0.6 is 0 Å². The van der Waals surface area contributed by atoms with Gasteiger partial charge in [0.1, 0.15) is 0 Å². The summed E-state index contributed by atoms with van der Waals surface area (Å²) in [6, 6.07) is 6.79. The van der Waals surface area contributed by atoms with Crippen LogP contribution < -0.4 is 5.32 Å². The fourth-order valence-electron chi connectivity index (χ4n) is 1.96. The monoisotopic (exact) mass is 203 g/mol.